The molecule has 0 bridgehead atoms. The average Bonchev–Trinajstić information content (AvgIpc) is 3.06. The second kappa shape index (κ2) is 8.92. The molecule has 0 aliphatic carbocycles. The summed E-state index contributed by atoms with van der Waals surface area (Å²) >= 11 is 0. The van der Waals surface area contributed by atoms with Crippen molar-refractivity contribution < 1.29 is 4.74 Å². The predicted molar refractivity (Wildman–Crippen MR) is 97.6 cm³/mol. The van der Waals surface area contributed by atoms with Gasteiger partial charge in [-0.25, -0.2) is 0 Å². The minimum Gasteiger partial charge on any atom is -0.374 e. The van der Waals surface area contributed by atoms with E-state index in [-0.39, 0.29) is 6.10 Å². The Balaban J connectivity index is 1.45. The van der Waals surface area contributed by atoms with Crippen molar-refractivity contribution in [1.82, 2.24) is 24.9 Å². The summed E-state index contributed by atoms with van der Waals surface area (Å²) in [6, 6.07) is 3.93. The van der Waals surface area contributed by atoms with Gasteiger partial charge in [-0.3, -0.25) is 9.58 Å². The van der Waals surface area contributed by atoms with Crippen molar-refractivity contribution in [1.29, 1.82) is 0 Å². The predicted octanol–water partition coefficient (Wildman–Crippen LogP) is 1.37. The third kappa shape index (κ3) is 5.24. The minimum atomic E-state index is 0.217. The minimum absolute atomic E-state index is 0.217. The zero-order valence-corrected chi connectivity index (χ0v) is 15.2. The normalized spacial score (nSPS) is 18.4. The van der Waals surface area contributed by atoms with Gasteiger partial charge in [-0.15, -0.1) is 5.10 Å². The van der Waals surface area contributed by atoms with Gasteiger partial charge in [0.15, 0.2) is 5.82 Å². The lowest BCUT2D eigenvalue weighted by molar-refractivity contribution is -0.0241. The number of aromatic nitrogens is 4. The van der Waals surface area contributed by atoms with Crippen molar-refractivity contribution in [2.45, 2.75) is 25.9 Å². The highest BCUT2D eigenvalue weighted by Gasteiger charge is 2.22. The summed E-state index contributed by atoms with van der Waals surface area (Å²) in [5.74, 6) is 0.919. The van der Waals surface area contributed by atoms with E-state index in [4.69, 9.17) is 4.74 Å². The van der Waals surface area contributed by atoms with Gasteiger partial charge < -0.3 is 9.64 Å². The van der Waals surface area contributed by atoms with Crippen LogP contribution in [0.25, 0.3) is 0 Å². The van der Waals surface area contributed by atoms with Crippen LogP contribution in [-0.2, 0) is 18.2 Å². The highest BCUT2D eigenvalue weighted by molar-refractivity contribution is 5.36. The first-order valence-corrected chi connectivity index (χ1v) is 9.08. The van der Waals surface area contributed by atoms with Crippen molar-refractivity contribution in [2.75, 3.05) is 44.2 Å². The van der Waals surface area contributed by atoms with Crippen molar-refractivity contribution in [2.24, 2.45) is 7.05 Å². The lowest BCUT2D eigenvalue weighted by Gasteiger charge is -2.35. The fraction of sp³-hybridized carbons (Fsp3) is 0.611. The van der Waals surface area contributed by atoms with Gasteiger partial charge in [0.1, 0.15) is 0 Å². The van der Waals surface area contributed by atoms with Crippen LogP contribution < -0.4 is 4.90 Å². The van der Waals surface area contributed by atoms with Crippen LogP contribution in [0.2, 0.25) is 0 Å². The molecule has 1 saturated heterocycles. The largest absolute Gasteiger partial charge is 0.374 e. The zero-order chi connectivity index (χ0) is 17.5. The number of hydrogen-bond donors (Lipinski definition) is 0. The Labute approximate surface area is 149 Å². The van der Waals surface area contributed by atoms with E-state index < -0.39 is 0 Å². The molecule has 0 N–H and O–H groups in total. The molecule has 25 heavy (non-hydrogen) atoms. The second-order valence-electron chi connectivity index (χ2n) is 6.54. The van der Waals surface area contributed by atoms with Gasteiger partial charge >= 0.3 is 0 Å². The molecule has 1 aliphatic rings. The molecule has 2 aromatic heterocycles. The molecule has 136 valence electrons. The van der Waals surface area contributed by atoms with E-state index >= 15 is 0 Å². The van der Waals surface area contributed by atoms with Gasteiger partial charge in [0, 0.05) is 45.6 Å². The van der Waals surface area contributed by atoms with Crippen LogP contribution >= 0.6 is 0 Å². The summed E-state index contributed by atoms with van der Waals surface area (Å²) in [4.78, 5) is 4.74. The standard InChI is InChI=1S/C18H28N6O/c1-3-24(18-7-4-8-19-21-18)15-17-14-23(10-11-25-17)9-5-6-16-12-20-22(2)13-16/h4,7-8,12-13,17H,3,5-6,9-11,14-15H2,1-2H3/t17-/m0/s1. The molecule has 0 saturated carbocycles. The number of nitrogens with zero attached hydrogens (tertiary/aromatic N) is 6. The molecule has 2 aromatic rings. The fourth-order valence-electron chi connectivity index (χ4n) is 3.29. The van der Waals surface area contributed by atoms with Gasteiger partial charge in [-0.1, -0.05) is 0 Å². The summed E-state index contributed by atoms with van der Waals surface area (Å²) in [6.07, 6.45) is 8.22. The number of anilines is 1. The number of hydrogen-bond acceptors (Lipinski definition) is 6. The van der Waals surface area contributed by atoms with Gasteiger partial charge in [-0.05, 0) is 44.0 Å². The van der Waals surface area contributed by atoms with E-state index in [0.717, 1.165) is 58.0 Å². The van der Waals surface area contributed by atoms with Crippen LogP contribution in [0.4, 0.5) is 5.82 Å². The quantitative estimate of drug-likeness (QED) is 0.721. The molecular formula is C18H28N6O. The topological polar surface area (TPSA) is 59.3 Å². The van der Waals surface area contributed by atoms with Crippen LogP contribution in [0.3, 0.4) is 0 Å². The summed E-state index contributed by atoms with van der Waals surface area (Å²) in [7, 11) is 1.96. The Kier molecular flexibility index (Phi) is 6.36. The van der Waals surface area contributed by atoms with Gasteiger partial charge in [-0.2, -0.15) is 10.2 Å². The Bertz CT molecular complexity index is 632. The van der Waals surface area contributed by atoms with Crippen molar-refractivity contribution in [3.63, 3.8) is 0 Å². The highest BCUT2D eigenvalue weighted by atomic mass is 16.5. The summed E-state index contributed by atoms with van der Waals surface area (Å²) in [6.45, 7) is 7.79. The molecule has 1 atom stereocenters. The van der Waals surface area contributed by atoms with Crippen molar-refractivity contribution in [3.8, 4) is 0 Å². The second-order valence-corrected chi connectivity index (χ2v) is 6.54. The lowest BCUT2D eigenvalue weighted by atomic mass is 10.1. The first kappa shape index (κ1) is 17.8. The lowest BCUT2D eigenvalue weighted by Crippen LogP contribution is -2.48. The van der Waals surface area contributed by atoms with E-state index in [1.165, 1.54) is 5.56 Å². The van der Waals surface area contributed by atoms with Crippen LogP contribution in [0.1, 0.15) is 18.9 Å². The van der Waals surface area contributed by atoms with Crippen LogP contribution in [0.5, 0.6) is 0 Å². The molecule has 0 aromatic carbocycles. The van der Waals surface area contributed by atoms with Gasteiger partial charge in [0.2, 0.25) is 0 Å². The van der Waals surface area contributed by atoms with Crippen molar-refractivity contribution in [3.05, 3.63) is 36.3 Å². The number of rotatable bonds is 8. The molecule has 7 nitrogen and oxygen atoms in total. The van der Waals surface area contributed by atoms with Crippen molar-refractivity contribution >= 4 is 5.82 Å². The third-order valence-corrected chi connectivity index (χ3v) is 4.61. The molecule has 3 rings (SSSR count). The monoisotopic (exact) mass is 344 g/mol. The molecule has 0 radical (unpaired) electrons. The SMILES string of the molecule is CCN(C[C@@H]1CN(CCCc2cnn(C)c2)CCO1)c1cccnn1. The zero-order valence-electron chi connectivity index (χ0n) is 15.2. The molecular weight excluding hydrogens is 316 g/mol. The third-order valence-electron chi connectivity index (χ3n) is 4.61. The smallest absolute Gasteiger partial charge is 0.151 e. The Hall–Kier alpha value is -1.99. The summed E-state index contributed by atoms with van der Waals surface area (Å²) < 4.78 is 7.85. The Morgan fingerprint density at radius 3 is 3.04 bits per heavy atom. The fourth-order valence-corrected chi connectivity index (χ4v) is 3.29. The van der Waals surface area contributed by atoms with Crippen LogP contribution in [-0.4, -0.2) is 70.3 Å². The first-order chi connectivity index (χ1) is 12.2. The molecule has 0 unspecified atom stereocenters. The first-order valence-electron chi connectivity index (χ1n) is 9.08. The molecule has 3 heterocycles. The number of aryl methyl sites for hydroxylation is 2. The van der Waals surface area contributed by atoms with E-state index in [1.54, 1.807) is 6.20 Å². The Morgan fingerprint density at radius 2 is 2.32 bits per heavy atom. The number of morpholine rings is 1. The van der Waals surface area contributed by atoms with E-state index in [1.807, 2.05) is 30.1 Å². The maximum Gasteiger partial charge on any atom is 0.151 e. The van der Waals surface area contributed by atoms with Gasteiger partial charge in [0.25, 0.3) is 0 Å². The number of ether oxygens (including phenoxy) is 1. The van der Waals surface area contributed by atoms with E-state index in [0.29, 0.717) is 0 Å². The molecule has 1 fully saturated rings. The van der Waals surface area contributed by atoms with Gasteiger partial charge in [0.05, 0.1) is 18.9 Å². The maximum atomic E-state index is 5.99. The molecule has 7 heteroatoms. The van der Waals surface area contributed by atoms with Crippen LogP contribution in [0.15, 0.2) is 30.7 Å². The maximum absolute atomic E-state index is 5.99. The highest BCUT2D eigenvalue weighted by Crippen LogP contribution is 2.13. The average molecular weight is 344 g/mol. The summed E-state index contributed by atoms with van der Waals surface area (Å²) in [5.41, 5.74) is 1.31. The molecule has 1 aliphatic heterocycles. The Morgan fingerprint density at radius 1 is 1.40 bits per heavy atom. The molecule has 0 amide bonds. The molecule has 0 spiro atoms. The van der Waals surface area contributed by atoms with E-state index in [2.05, 4.69) is 38.2 Å². The number of likely N-dealkylation sites (N-methyl/N-ethyl adjacent to an activating group) is 1. The van der Waals surface area contributed by atoms with E-state index in [9.17, 15) is 0 Å². The summed E-state index contributed by atoms with van der Waals surface area (Å²) in [5, 5.41) is 12.4. The van der Waals surface area contributed by atoms with Crippen LogP contribution in [0, 0.1) is 0 Å².